The first-order chi connectivity index (χ1) is 14.1. The molecule has 0 N–H and O–H groups in total. The number of carbonyl (C=O) groups is 1. The third-order valence-corrected chi connectivity index (χ3v) is 6.15. The van der Waals surface area contributed by atoms with Crippen molar-refractivity contribution in [3.05, 3.63) is 65.0 Å². The largest absolute Gasteiger partial charge is 0.339 e. The minimum atomic E-state index is -0.522. The lowest BCUT2D eigenvalue weighted by Gasteiger charge is -2.38. The van der Waals surface area contributed by atoms with Gasteiger partial charge in [0.2, 0.25) is 11.7 Å². The summed E-state index contributed by atoms with van der Waals surface area (Å²) in [6.07, 6.45) is 6.81. The van der Waals surface area contributed by atoms with Crippen molar-refractivity contribution in [1.82, 2.24) is 20.0 Å². The summed E-state index contributed by atoms with van der Waals surface area (Å²) in [5, 5.41) is 4.07. The number of fused-ring (bicyclic) bond motifs is 2. The zero-order chi connectivity index (χ0) is 20.0. The standard InChI is InChI=1S/C21H18ClFN4O2/c22-17-11-13(1-4-18(17)23)21(28)27-15-2-3-16(27)10-14(9-15)20-25-19(26-29-20)12-5-7-24-8-6-12/h1,4-8,11,14-16H,2-3,9-10H2. The highest BCUT2D eigenvalue weighted by molar-refractivity contribution is 6.31. The second-order valence-corrected chi connectivity index (χ2v) is 7.99. The summed E-state index contributed by atoms with van der Waals surface area (Å²) in [6.45, 7) is 0. The molecule has 0 radical (unpaired) electrons. The minimum Gasteiger partial charge on any atom is -0.339 e. The molecule has 2 aliphatic rings. The molecule has 29 heavy (non-hydrogen) atoms. The lowest BCUT2D eigenvalue weighted by atomic mass is 9.90. The summed E-state index contributed by atoms with van der Waals surface area (Å²) in [5.41, 5.74) is 1.28. The molecule has 0 spiro atoms. The van der Waals surface area contributed by atoms with Crippen molar-refractivity contribution in [2.45, 2.75) is 43.7 Å². The molecule has 2 aromatic heterocycles. The van der Waals surface area contributed by atoms with Crippen LogP contribution in [0.4, 0.5) is 4.39 Å². The third-order valence-electron chi connectivity index (χ3n) is 5.86. The SMILES string of the molecule is O=C(c1ccc(F)c(Cl)c1)N1C2CCC1CC(c1nc(-c3ccncc3)no1)C2. The van der Waals surface area contributed by atoms with Crippen LogP contribution < -0.4 is 0 Å². The normalized spacial score (nSPS) is 23.4. The zero-order valence-electron chi connectivity index (χ0n) is 15.5. The molecule has 5 rings (SSSR count). The Bertz CT molecular complexity index is 1040. The van der Waals surface area contributed by atoms with Crippen molar-refractivity contribution in [2.24, 2.45) is 0 Å². The van der Waals surface area contributed by atoms with Crippen LogP contribution in [0.25, 0.3) is 11.4 Å². The molecule has 4 heterocycles. The van der Waals surface area contributed by atoms with Crippen molar-refractivity contribution in [1.29, 1.82) is 0 Å². The molecule has 1 amide bonds. The molecule has 2 atom stereocenters. The van der Waals surface area contributed by atoms with E-state index < -0.39 is 5.82 Å². The van der Waals surface area contributed by atoms with Crippen molar-refractivity contribution in [2.75, 3.05) is 0 Å². The Kier molecular flexibility index (Phi) is 4.54. The van der Waals surface area contributed by atoms with E-state index in [2.05, 4.69) is 15.1 Å². The van der Waals surface area contributed by atoms with Gasteiger partial charge in [0, 0.05) is 41.5 Å². The lowest BCUT2D eigenvalue weighted by Crippen LogP contribution is -2.46. The predicted molar refractivity (Wildman–Crippen MR) is 104 cm³/mol. The second-order valence-electron chi connectivity index (χ2n) is 7.59. The minimum absolute atomic E-state index is 0.0346. The van der Waals surface area contributed by atoms with Gasteiger partial charge >= 0.3 is 0 Å². The number of rotatable bonds is 3. The van der Waals surface area contributed by atoms with Crippen LogP contribution in [0.15, 0.2) is 47.2 Å². The molecule has 2 saturated heterocycles. The number of nitrogens with zero attached hydrogens (tertiary/aromatic N) is 4. The van der Waals surface area contributed by atoms with Gasteiger partial charge in [-0.05, 0) is 56.0 Å². The lowest BCUT2D eigenvalue weighted by molar-refractivity contribution is 0.0555. The van der Waals surface area contributed by atoms with E-state index in [4.69, 9.17) is 16.1 Å². The number of pyridine rings is 1. The van der Waals surface area contributed by atoms with E-state index in [1.54, 1.807) is 12.4 Å². The van der Waals surface area contributed by atoms with Gasteiger partial charge in [0.25, 0.3) is 5.91 Å². The molecule has 0 aliphatic carbocycles. The van der Waals surface area contributed by atoms with Crippen LogP contribution in [0.2, 0.25) is 5.02 Å². The van der Waals surface area contributed by atoms with E-state index in [-0.39, 0.29) is 28.9 Å². The van der Waals surface area contributed by atoms with Gasteiger partial charge < -0.3 is 9.42 Å². The van der Waals surface area contributed by atoms with Gasteiger partial charge in [-0.3, -0.25) is 9.78 Å². The van der Waals surface area contributed by atoms with Gasteiger partial charge in [-0.15, -0.1) is 0 Å². The van der Waals surface area contributed by atoms with Crippen LogP contribution in [0.1, 0.15) is 47.8 Å². The van der Waals surface area contributed by atoms with E-state index in [1.807, 2.05) is 17.0 Å². The van der Waals surface area contributed by atoms with Gasteiger partial charge in [0.15, 0.2) is 0 Å². The molecule has 2 fully saturated rings. The highest BCUT2D eigenvalue weighted by Gasteiger charge is 2.45. The Morgan fingerprint density at radius 2 is 1.86 bits per heavy atom. The van der Waals surface area contributed by atoms with Gasteiger partial charge in [-0.1, -0.05) is 16.8 Å². The van der Waals surface area contributed by atoms with E-state index in [1.165, 1.54) is 18.2 Å². The Morgan fingerprint density at radius 3 is 2.55 bits per heavy atom. The number of carbonyl (C=O) groups excluding carboxylic acids is 1. The monoisotopic (exact) mass is 412 g/mol. The molecule has 2 bridgehead atoms. The fourth-order valence-electron chi connectivity index (χ4n) is 4.51. The van der Waals surface area contributed by atoms with E-state index in [0.717, 1.165) is 31.2 Å². The Hall–Kier alpha value is -2.80. The molecule has 2 unspecified atom stereocenters. The van der Waals surface area contributed by atoms with Crippen LogP contribution in [0, 0.1) is 5.82 Å². The molecule has 8 heteroatoms. The quantitative estimate of drug-likeness (QED) is 0.634. The average Bonchev–Trinajstić information content (AvgIpc) is 3.33. The van der Waals surface area contributed by atoms with Gasteiger partial charge in [-0.25, -0.2) is 4.39 Å². The summed E-state index contributed by atoms with van der Waals surface area (Å²) in [6, 6.07) is 8.03. The first kappa shape index (κ1) is 18.2. The first-order valence-corrected chi connectivity index (χ1v) is 9.99. The Labute approximate surface area is 171 Å². The van der Waals surface area contributed by atoms with Crippen molar-refractivity contribution < 1.29 is 13.7 Å². The summed E-state index contributed by atoms with van der Waals surface area (Å²) in [7, 11) is 0. The fraction of sp³-hybridized carbons (Fsp3) is 0.333. The van der Waals surface area contributed by atoms with E-state index in [9.17, 15) is 9.18 Å². The Morgan fingerprint density at radius 1 is 1.14 bits per heavy atom. The Balaban J connectivity index is 1.34. The summed E-state index contributed by atoms with van der Waals surface area (Å²) >= 11 is 5.86. The number of aromatic nitrogens is 3. The predicted octanol–water partition coefficient (Wildman–Crippen LogP) is 4.47. The number of hydrogen-bond acceptors (Lipinski definition) is 5. The summed E-state index contributed by atoms with van der Waals surface area (Å²) in [4.78, 5) is 23.6. The van der Waals surface area contributed by atoms with Crippen molar-refractivity contribution in [3.8, 4) is 11.4 Å². The van der Waals surface area contributed by atoms with Crippen LogP contribution in [-0.4, -0.2) is 38.0 Å². The zero-order valence-corrected chi connectivity index (χ0v) is 16.2. The summed E-state index contributed by atoms with van der Waals surface area (Å²) in [5.74, 6) is 0.670. The molecular formula is C21H18ClFN4O2. The second kappa shape index (κ2) is 7.22. The molecule has 148 valence electrons. The van der Waals surface area contributed by atoms with Crippen LogP contribution in [0.3, 0.4) is 0 Å². The first-order valence-electron chi connectivity index (χ1n) is 9.62. The highest BCUT2D eigenvalue weighted by atomic mass is 35.5. The van der Waals surface area contributed by atoms with Gasteiger partial charge in [0.1, 0.15) is 5.82 Å². The molecule has 2 aliphatic heterocycles. The van der Waals surface area contributed by atoms with Crippen LogP contribution >= 0.6 is 11.6 Å². The number of hydrogen-bond donors (Lipinski definition) is 0. The molecular weight excluding hydrogens is 395 g/mol. The van der Waals surface area contributed by atoms with Gasteiger partial charge in [0.05, 0.1) is 5.02 Å². The highest BCUT2D eigenvalue weighted by Crippen LogP contribution is 2.43. The van der Waals surface area contributed by atoms with E-state index in [0.29, 0.717) is 17.3 Å². The number of halogens is 2. The van der Waals surface area contributed by atoms with Crippen LogP contribution in [0.5, 0.6) is 0 Å². The summed E-state index contributed by atoms with van der Waals surface area (Å²) < 4.78 is 19.0. The molecule has 1 aromatic carbocycles. The molecule has 3 aromatic rings. The van der Waals surface area contributed by atoms with Gasteiger partial charge in [-0.2, -0.15) is 4.98 Å². The number of piperidine rings is 1. The van der Waals surface area contributed by atoms with Crippen LogP contribution in [-0.2, 0) is 0 Å². The number of amides is 1. The van der Waals surface area contributed by atoms with Crippen molar-refractivity contribution in [3.63, 3.8) is 0 Å². The number of benzene rings is 1. The average molecular weight is 413 g/mol. The maximum Gasteiger partial charge on any atom is 0.254 e. The maximum absolute atomic E-state index is 13.5. The smallest absolute Gasteiger partial charge is 0.254 e. The topological polar surface area (TPSA) is 72.1 Å². The van der Waals surface area contributed by atoms with Crippen molar-refractivity contribution >= 4 is 17.5 Å². The maximum atomic E-state index is 13.5. The fourth-order valence-corrected chi connectivity index (χ4v) is 4.69. The van der Waals surface area contributed by atoms with E-state index >= 15 is 0 Å². The molecule has 0 saturated carbocycles. The molecule has 6 nitrogen and oxygen atoms in total. The third kappa shape index (κ3) is 3.29.